The molecule has 1 heterocycles. The third-order valence-corrected chi connectivity index (χ3v) is 1.97. The maximum Gasteiger partial charge on any atom is 0.0213 e. The highest BCUT2D eigenvalue weighted by Crippen LogP contribution is 2.08. The Labute approximate surface area is 77.9 Å². The maximum absolute atomic E-state index is 2.96. The van der Waals surface area contributed by atoms with Crippen LogP contribution in [0.25, 0.3) is 0 Å². The average molecular weight is 172 g/mol. The van der Waals surface area contributed by atoms with Crippen LogP contribution in [0.4, 0.5) is 0 Å². The predicted molar refractivity (Wildman–Crippen MR) is 53.6 cm³/mol. The van der Waals surface area contributed by atoms with Crippen LogP contribution in [0, 0.1) is 0 Å². The van der Waals surface area contributed by atoms with Gasteiger partial charge in [-0.25, -0.2) is 0 Å². The van der Waals surface area contributed by atoms with E-state index in [1.807, 2.05) is 18.5 Å². The Morgan fingerprint density at radius 3 is 2.54 bits per heavy atom. The summed E-state index contributed by atoms with van der Waals surface area (Å²) >= 11 is 0. The third kappa shape index (κ3) is 2.12. The van der Waals surface area contributed by atoms with E-state index in [9.17, 15) is 0 Å². The van der Waals surface area contributed by atoms with E-state index in [0.717, 1.165) is 6.42 Å². The molecule has 2 rings (SSSR count). The molecule has 0 atom stereocenters. The zero-order valence-electron chi connectivity index (χ0n) is 7.33. The lowest BCUT2D eigenvalue weighted by atomic mass is 10.1. The van der Waals surface area contributed by atoms with E-state index in [2.05, 4.69) is 41.2 Å². The van der Waals surface area contributed by atoms with Crippen LogP contribution in [-0.4, -0.2) is 0 Å². The number of allylic oxidation sites excluding steroid dienone is 2. The van der Waals surface area contributed by atoms with E-state index in [4.69, 9.17) is 0 Å². The smallest absolute Gasteiger partial charge is 0.0213 e. The van der Waals surface area contributed by atoms with Crippen LogP contribution in [0.15, 0.2) is 54.4 Å². The molecule has 1 aliphatic rings. The standard InChI is InChI=1S/C11H12N2/c1-2-4-10(5-3-1)8-11-6-7-12-13-9-11/h1-7,9,12-13H,8H2. The Morgan fingerprint density at radius 2 is 1.85 bits per heavy atom. The number of rotatable bonds is 2. The van der Waals surface area contributed by atoms with Gasteiger partial charge in [-0.05, 0) is 23.6 Å². The molecule has 0 spiro atoms. The largest absolute Gasteiger partial charge is 0.309 e. The quantitative estimate of drug-likeness (QED) is 0.710. The van der Waals surface area contributed by atoms with Crippen molar-refractivity contribution < 1.29 is 0 Å². The van der Waals surface area contributed by atoms with Crippen molar-refractivity contribution >= 4 is 0 Å². The van der Waals surface area contributed by atoms with Crippen molar-refractivity contribution in [1.82, 2.24) is 10.9 Å². The summed E-state index contributed by atoms with van der Waals surface area (Å²) in [6, 6.07) is 10.4. The second-order valence-electron chi connectivity index (χ2n) is 3.00. The molecule has 0 amide bonds. The molecule has 13 heavy (non-hydrogen) atoms. The van der Waals surface area contributed by atoms with Gasteiger partial charge in [0.05, 0.1) is 0 Å². The molecule has 0 saturated carbocycles. The molecule has 0 fully saturated rings. The molecule has 66 valence electrons. The van der Waals surface area contributed by atoms with Crippen molar-refractivity contribution in [3.05, 3.63) is 59.9 Å². The van der Waals surface area contributed by atoms with Crippen LogP contribution in [0.3, 0.4) is 0 Å². The SMILES string of the molecule is C1=CC(Cc2ccccc2)=CNN1. The van der Waals surface area contributed by atoms with Crippen molar-refractivity contribution in [2.45, 2.75) is 6.42 Å². The minimum absolute atomic E-state index is 0.978. The molecule has 2 heteroatoms. The predicted octanol–water partition coefficient (Wildman–Crippen LogP) is 1.73. The lowest BCUT2D eigenvalue weighted by Crippen LogP contribution is -2.23. The highest BCUT2D eigenvalue weighted by Gasteiger charge is 1.97. The van der Waals surface area contributed by atoms with Gasteiger partial charge in [-0.3, -0.25) is 0 Å². The minimum Gasteiger partial charge on any atom is -0.309 e. The van der Waals surface area contributed by atoms with Gasteiger partial charge in [0.2, 0.25) is 0 Å². The lowest BCUT2D eigenvalue weighted by Gasteiger charge is -2.09. The number of benzene rings is 1. The summed E-state index contributed by atoms with van der Waals surface area (Å²) in [4.78, 5) is 0. The highest BCUT2D eigenvalue weighted by molar-refractivity contribution is 5.28. The van der Waals surface area contributed by atoms with Gasteiger partial charge in [0.15, 0.2) is 0 Å². The van der Waals surface area contributed by atoms with Gasteiger partial charge >= 0.3 is 0 Å². The van der Waals surface area contributed by atoms with Crippen LogP contribution in [0.1, 0.15) is 5.56 Å². The monoisotopic (exact) mass is 172 g/mol. The van der Waals surface area contributed by atoms with Crippen LogP contribution >= 0.6 is 0 Å². The second-order valence-corrected chi connectivity index (χ2v) is 3.00. The van der Waals surface area contributed by atoms with Gasteiger partial charge in [-0.2, -0.15) is 0 Å². The van der Waals surface area contributed by atoms with E-state index in [1.165, 1.54) is 11.1 Å². The lowest BCUT2D eigenvalue weighted by molar-refractivity contribution is 0.754. The second kappa shape index (κ2) is 3.81. The fraction of sp³-hybridized carbons (Fsp3) is 0.0909. The molecular weight excluding hydrogens is 160 g/mol. The third-order valence-electron chi connectivity index (χ3n) is 1.97. The Bertz CT molecular complexity index is 325. The van der Waals surface area contributed by atoms with Gasteiger partial charge < -0.3 is 10.9 Å². The number of nitrogens with one attached hydrogen (secondary N) is 2. The first-order valence-corrected chi connectivity index (χ1v) is 4.36. The van der Waals surface area contributed by atoms with E-state index in [1.54, 1.807) is 0 Å². The molecule has 0 radical (unpaired) electrons. The number of hydrogen-bond donors (Lipinski definition) is 2. The van der Waals surface area contributed by atoms with Crippen LogP contribution < -0.4 is 10.9 Å². The van der Waals surface area contributed by atoms with E-state index >= 15 is 0 Å². The summed E-state index contributed by atoms with van der Waals surface area (Å²) in [6.07, 6.45) is 6.93. The summed E-state index contributed by atoms with van der Waals surface area (Å²) in [5.41, 5.74) is 8.47. The Hall–Kier alpha value is -1.70. The van der Waals surface area contributed by atoms with Crippen molar-refractivity contribution in [3.8, 4) is 0 Å². The molecule has 0 unspecified atom stereocenters. The highest BCUT2D eigenvalue weighted by atomic mass is 15.3. The van der Waals surface area contributed by atoms with Crippen LogP contribution in [0.5, 0.6) is 0 Å². The number of hydrazine groups is 1. The normalized spacial score (nSPS) is 14.3. The van der Waals surface area contributed by atoms with Crippen LogP contribution in [0.2, 0.25) is 0 Å². The van der Waals surface area contributed by atoms with Gasteiger partial charge in [0, 0.05) is 12.4 Å². The van der Waals surface area contributed by atoms with Gasteiger partial charge in [-0.15, -0.1) is 0 Å². The van der Waals surface area contributed by atoms with Gasteiger partial charge in [0.25, 0.3) is 0 Å². The van der Waals surface area contributed by atoms with Crippen LogP contribution in [-0.2, 0) is 6.42 Å². The van der Waals surface area contributed by atoms with Crippen molar-refractivity contribution in [2.24, 2.45) is 0 Å². The topological polar surface area (TPSA) is 24.1 Å². The van der Waals surface area contributed by atoms with E-state index < -0.39 is 0 Å². The fourth-order valence-corrected chi connectivity index (χ4v) is 1.32. The zero-order chi connectivity index (χ0) is 8.93. The molecular formula is C11H12N2. The molecule has 0 bridgehead atoms. The summed E-state index contributed by atoms with van der Waals surface area (Å²) in [5, 5.41) is 0. The molecule has 0 aromatic heterocycles. The summed E-state index contributed by atoms with van der Waals surface area (Å²) in [5.74, 6) is 0. The average Bonchev–Trinajstić information content (AvgIpc) is 2.21. The molecule has 1 aromatic carbocycles. The maximum atomic E-state index is 2.96. The van der Waals surface area contributed by atoms with E-state index in [-0.39, 0.29) is 0 Å². The summed E-state index contributed by atoms with van der Waals surface area (Å²) < 4.78 is 0. The molecule has 1 aromatic rings. The zero-order valence-corrected chi connectivity index (χ0v) is 7.33. The van der Waals surface area contributed by atoms with Crippen molar-refractivity contribution in [1.29, 1.82) is 0 Å². The molecule has 2 N–H and O–H groups in total. The Kier molecular flexibility index (Phi) is 2.32. The Balaban J connectivity index is 2.06. The fourth-order valence-electron chi connectivity index (χ4n) is 1.32. The van der Waals surface area contributed by atoms with E-state index in [0.29, 0.717) is 0 Å². The Morgan fingerprint density at radius 1 is 1.00 bits per heavy atom. The van der Waals surface area contributed by atoms with Gasteiger partial charge in [0.1, 0.15) is 0 Å². The number of hydrogen-bond acceptors (Lipinski definition) is 2. The summed E-state index contributed by atoms with van der Waals surface area (Å²) in [6.45, 7) is 0. The molecule has 0 aliphatic carbocycles. The minimum atomic E-state index is 0.978. The van der Waals surface area contributed by atoms with Crippen molar-refractivity contribution in [3.63, 3.8) is 0 Å². The first kappa shape index (κ1) is 7.92. The summed E-state index contributed by atoms with van der Waals surface area (Å²) in [7, 11) is 0. The van der Waals surface area contributed by atoms with Gasteiger partial charge in [-0.1, -0.05) is 30.3 Å². The molecule has 0 saturated heterocycles. The molecule has 2 nitrogen and oxygen atoms in total. The van der Waals surface area contributed by atoms with Crippen molar-refractivity contribution in [2.75, 3.05) is 0 Å². The first-order valence-electron chi connectivity index (χ1n) is 4.36. The molecule has 1 aliphatic heterocycles. The first-order chi connectivity index (χ1) is 6.45.